The van der Waals surface area contributed by atoms with Crippen LogP contribution in [0.15, 0.2) is 23.0 Å². The van der Waals surface area contributed by atoms with Gasteiger partial charge in [-0.05, 0) is 32.8 Å². The maximum Gasteiger partial charge on any atom is 0.229 e. The SMILES string of the molecule is C[C@@H](NCc1noc(C2CC2)n1)[C@H](C)n1cccn1. The van der Waals surface area contributed by atoms with Crippen LogP contribution in [0.2, 0.25) is 0 Å². The molecule has 1 saturated carbocycles. The number of rotatable bonds is 6. The summed E-state index contributed by atoms with van der Waals surface area (Å²) < 4.78 is 7.18. The Hall–Kier alpha value is -1.69. The van der Waals surface area contributed by atoms with Crippen molar-refractivity contribution >= 4 is 0 Å². The largest absolute Gasteiger partial charge is 0.339 e. The number of aromatic nitrogens is 4. The van der Waals surface area contributed by atoms with Crippen LogP contribution >= 0.6 is 0 Å². The maximum atomic E-state index is 5.23. The van der Waals surface area contributed by atoms with Gasteiger partial charge in [0.25, 0.3) is 0 Å². The summed E-state index contributed by atoms with van der Waals surface area (Å²) in [5, 5.41) is 11.7. The molecule has 0 amide bonds. The minimum absolute atomic E-state index is 0.280. The fraction of sp³-hybridized carbons (Fsp3) is 0.615. The van der Waals surface area contributed by atoms with Gasteiger partial charge >= 0.3 is 0 Å². The molecule has 0 unspecified atom stereocenters. The van der Waals surface area contributed by atoms with Gasteiger partial charge in [0.05, 0.1) is 12.6 Å². The maximum absolute atomic E-state index is 5.23. The summed E-state index contributed by atoms with van der Waals surface area (Å²) in [6.07, 6.45) is 6.14. The van der Waals surface area contributed by atoms with Crippen molar-refractivity contribution < 1.29 is 4.52 Å². The van der Waals surface area contributed by atoms with Crippen molar-refractivity contribution in [1.82, 2.24) is 25.2 Å². The molecule has 0 bridgehead atoms. The molecular weight excluding hydrogens is 242 g/mol. The molecule has 6 heteroatoms. The molecule has 1 N–H and O–H groups in total. The Morgan fingerprint density at radius 2 is 2.32 bits per heavy atom. The van der Waals surface area contributed by atoms with E-state index >= 15 is 0 Å². The summed E-state index contributed by atoms with van der Waals surface area (Å²) >= 11 is 0. The van der Waals surface area contributed by atoms with Crippen LogP contribution in [0.25, 0.3) is 0 Å². The van der Waals surface area contributed by atoms with Crippen LogP contribution in [-0.4, -0.2) is 26.0 Å². The number of hydrogen-bond donors (Lipinski definition) is 1. The summed E-state index contributed by atoms with van der Waals surface area (Å²) in [7, 11) is 0. The lowest BCUT2D eigenvalue weighted by Crippen LogP contribution is -2.33. The van der Waals surface area contributed by atoms with Crippen molar-refractivity contribution in [3.05, 3.63) is 30.2 Å². The van der Waals surface area contributed by atoms with Gasteiger partial charge < -0.3 is 9.84 Å². The normalized spacial score (nSPS) is 18.4. The lowest BCUT2D eigenvalue weighted by molar-refractivity contribution is 0.350. The molecule has 3 rings (SSSR count). The molecule has 6 nitrogen and oxygen atoms in total. The monoisotopic (exact) mass is 261 g/mol. The van der Waals surface area contributed by atoms with Gasteiger partial charge in [-0.15, -0.1) is 0 Å². The topological polar surface area (TPSA) is 68.8 Å². The highest BCUT2D eigenvalue weighted by Gasteiger charge is 2.29. The van der Waals surface area contributed by atoms with E-state index in [4.69, 9.17) is 4.52 Å². The standard InChI is InChI=1S/C13H19N5O/c1-9(10(2)18-7-3-6-15-18)14-8-12-16-13(19-17-12)11-4-5-11/h3,6-7,9-11,14H,4-5,8H2,1-2H3/t9-,10+/m1/s1. The summed E-state index contributed by atoms with van der Waals surface area (Å²) in [5.74, 6) is 2.05. The lowest BCUT2D eigenvalue weighted by atomic mass is 10.2. The van der Waals surface area contributed by atoms with E-state index in [0.29, 0.717) is 12.5 Å². The number of nitrogens with zero attached hydrogens (tertiary/aromatic N) is 4. The molecule has 2 aromatic heterocycles. The minimum Gasteiger partial charge on any atom is -0.339 e. The number of hydrogen-bond acceptors (Lipinski definition) is 5. The van der Waals surface area contributed by atoms with E-state index in [-0.39, 0.29) is 12.1 Å². The highest BCUT2D eigenvalue weighted by atomic mass is 16.5. The highest BCUT2D eigenvalue weighted by molar-refractivity contribution is 5.01. The van der Waals surface area contributed by atoms with Crippen LogP contribution in [0.4, 0.5) is 0 Å². The molecule has 0 aromatic carbocycles. The molecule has 0 saturated heterocycles. The molecule has 102 valence electrons. The first-order valence-corrected chi connectivity index (χ1v) is 6.79. The second kappa shape index (κ2) is 5.13. The van der Waals surface area contributed by atoms with Crippen LogP contribution in [0.5, 0.6) is 0 Å². The summed E-state index contributed by atoms with van der Waals surface area (Å²) in [5.41, 5.74) is 0. The van der Waals surface area contributed by atoms with Crippen LogP contribution in [0, 0.1) is 0 Å². The first-order valence-electron chi connectivity index (χ1n) is 6.79. The Labute approximate surface area is 112 Å². The minimum atomic E-state index is 0.280. The average Bonchev–Trinajstić information content (AvgIpc) is 2.96. The van der Waals surface area contributed by atoms with Crippen molar-refractivity contribution in [2.24, 2.45) is 0 Å². The van der Waals surface area contributed by atoms with Gasteiger partial charge in [0.15, 0.2) is 5.82 Å². The van der Waals surface area contributed by atoms with E-state index in [1.807, 2.05) is 16.9 Å². The van der Waals surface area contributed by atoms with Gasteiger partial charge in [0, 0.05) is 24.4 Å². The molecule has 0 spiro atoms. The lowest BCUT2D eigenvalue weighted by Gasteiger charge is -2.20. The fourth-order valence-electron chi connectivity index (χ4n) is 2.01. The van der Waals surface area contributed by atoms with Crippen LogP contribution < -0.4 is 5.32 Å². The van der Waals surface area contributed by atoms with E-state index in [0.717, 1.165) is 11.7 Å². The van der Waals surface area contributed by atoms with Crippen molar-refractivity contribution in [3.63, 3.8) is 0 Å². The van der Waals surface area contributed by atoms with E-state index in [9.17, 15) is 0 Å². The van der Waals surface area contributed by atoms with E-state index < -0.39 is 0 Å². The molecule has 1 fully saturated rings. The molecule has 2 atom stereocenters. The molecule has 2 heterocycles. The third-order valence-corrected chi connectivity index (χ3v) is 3.66. The van der Waals surface area contributed by atoms with Crippen LogP contribution in [0.1, 0.15) is 50.4 Å². The van der Waals surface area contributed by atoms with Crippen LogP contribution in [-0.2, 0) is 6.54 Å². The zero-order valence-corrected chi connectivity index (χ0v) is 11.3. The quantitative estimate of drug-likeness (QED) is 0.860. The summed E-state index contributed by atoms with van der Waals surface area (Å²) in [6.45, 7) is 4.90. The fourth-order valence-corrected chi connectivity index (χ4v) is 2.01. The zero-order valence-electron chi connectivity index (χ0n) is 11.3. The van der Waals surface area contributed by atoms with E-state index in [2.05, 4.69) is 34.4 Å². The van der Waals surface area contributed by atoms with Gasteiger partial charge in [-0.3, -0.25) is 4.68 Å². The van der Waals surface area contributed by atoms with Gasteiger partial charge in [-0.25, -0.2) is 0 Å². The van der Waals surface area contributed by atoms with Crippen molar-refractivity contribution in [1.29, 1.82) is 0 Å². The van der Waals surface area contributed by atoms with Crippen molar-refractivity contribution in [2.75, 3.05) is 0 Å². The third-order valence-electron chi connectivity index (χ3n) is 3.66. The molecule has 2 aromatic rings. The Balaban J connectivity index is 1.53. The average molecular weight is 261 g/mol. The molecule has 0 aliphatic heterocycles. The highest BCUT2D eigenvalue weighted by Crippen LogP contribution is 2.38. The first kappa shape index (κ1) is 12.3. The summed E-state index contributed by atoms with van der Waals surface area (Å²) in [4.78, 5) is 4.40. The zero-order chi connectivity index (χ0) is 13.2. The van der Waals surface area contributed by atoms with Gasteiger partial charge in [0.2, 0.25) is 5.89 Å². The molecule has 1 aliphatic carbocycles. The predicted molar refractivity (Wildman–Crippen MR) is 69.5 cm³/mol. The Morgan fingerprint density at radius 1 is 1.47 bits per heavy atom. The number of nitrogens with one attached hydrogen (secondary N) is 1. The van der Waals surface area contributed by atoms with E-state index in [1.165, 1.54) is 12.8 Å². The second-order valence-electron chi connectivity index (χ2n) is 5.22. The van der Waals surface area contributed by atoms with Crippen molar-refractivity contribution in [3.8, 4) is 0 Å². The van der Waals surface area contributed by atoms with Crippen LogP contribution in [0.3, 0.4) is 0 Å². The molecule has 19 heavy (non-hydrogen) atoms. The van der Waals surface area contributed by atoms with Crippen molar-refractivity contribution in [2.45, 2.75) is 51.2 Å². The Kier molecular flexibility index (Phi) is 3.33. The van der Waals surface area contributed by atoms with Gasteiger partial charge in [-0.1, -0.05) is 5.16 Å². The smallest absolute Gasteiger partial charge is 0.229 e. The Bertz CT molecular complexity index is 517. The first-order chi connectivity index (χ1) is 9.24. The summed E-state index contributed by atoms with van der Waals surface area (Å²) in [6, 6.07) is 2.50. The van der Waals surface area contributed by atoms with Gasteiger partial charge in [0.1, 0.15) is 0 Å². The van der Waals surface area contributed by atoms with E-state index in [1.54, 1.807) is 6.20 Å². The predicted octanol–water partition coefficient (Wildman–Crippen LogP) is 1.88. The van der Waals surface area contributed by atoms with Gasteiger partial charge in [-0.2, -0.15) is 10.1 Å². The third kappa shape index (κ3) is 2.84. The molecule has 1 aliphatic rings. The Morgan fingerprint density at radius 3 is 3.00 bits per heavy atom. The molecule has 0 radical (unpaired) electrons. The second-order valence-corrected chi connectivity index (χ2v) is 5.22. The molecular formula is C13H19N5O.